The molecule has 0 fully saturated rings. The number of carbonyl (C=O) groups is 1. The van der Waals surface area contributed by atoms with E-state index in [9.17, 15) is 9.18 Å². The number of benzene rings is 2. The lowest BCUT2D eigenvalue weighted by atomic mass is 10.1. The van der Waals surface area contributed by atoms with Crippen molar-refractivity contribution in [3.8, 4) is 5.75 Å². The molecule has 2 N–H and O–H groups in total. The minimum atomic E-state index is -0.331. The molecular weight excluding hydrogens is 319 g/mol. The topological polar surface area (TPSA) is 42.8 Å². The van der Waals surface area contributed by atoms with E-state index in [1.807, 2.05) is 12.1 Å². The Hall–Kier alpha value is -2.40. The van der Waals surface area contributed by atoms with Crippen LogP contribution in [0.2, 0.25) is 0 Å². The molecule has 0 bridgehead atoms. The Morgan fingerprint density at radius 1 is 1.00 bits per heavy atom. The lowest BCUT2D eigenvalue weighted by molar-refractivity contribution is -0.910. The average Bonchev–Trinajstić information content (AvgIpc) is 2.65. The number of halogens is 1. The average molecular weight is 345 g/mol. The van der Waals surface area contributed by atoms with Gasteiger partial charge in [-0.05, 0) is 43.7 Å². The largest absolute Gasteiger partial charge is 0.484 e. The molecule has 0 aliphatic carbocycles. The van der Waals surface area contributed by atoms with E-state index in [2.05, 4.69) is 31.3 Å². The van der Waals surface area contributed by atoms with Crippen molar-refractivity contribution in [3.63, 3.8) is 0 Å². The van der Waals surface area contributed by atoms with Crippen LogP contribution in [0, 0.1) is 5.82 Å². The Balaban J connectivity index is 1.74. The number of hydrogen-bond acceptors (Lipinski definition) is 2. The zero-order valence-corrected chi connectivity index (χ0v) is 14.8. The van der Waals surface area contributed by atoms with Crippen LogP contribution < -0.4 is 15.0 Å². The fraction of sp³-hybridized carbons (Fsp3) is 0.350. The fourth-order valence-electron chi connectivity index (χ4n) is 2.50. The number of nitrogens with one attached hydrogen (secondary N) is 2. The molecule has 2 aromatic rings. The van der Waals surface area contributed by atoms with Crippen molar-refractivity contribution in [2.45, 2.75) is 26.9 Å². The maximum atomic E-state index is 12.8. The summed E-state index contributed by atoms with van der Waals surface area (Å²) in [6.07, 6.45) is 0. The molecule has 0 unspecified atom stereocenters. The summed E-state index contributed by atoms with van der Waals surface area (Å²) < 4.78 is 18.1. The molecule has 2 aromatic carbocycles. The molecule has 2 rings (SSSR count). The van der Waals surface area contributed by atoms with Crippen LogP contribution in [-0.4, -0.2) is 25.6 Å². The fourth-order valence-corrected chi connectivity index (χ4v) is 2.50. The minimum absolute atomic E-state index is 0.0883. The second-order valence-electron chi connectivity index (χ2n) is 5.97. The highest BCUT2D eigenvalue weighted by Gasteiger charge is 2.06. The van der Waals surface area contributed by atoms with E-state index in [-0.39, 0.29) is 18.3 Å². The van der Waals surface area contributed by atoms with Gasteiger partial charge in [-0.15, -0.1) is 0 Å². The number of amides is 1. The van der Waals surface area contributed by atoms with Crippen molar-refractivity contribution in [1.29, 1.82) is 0 Å². The summed E-state index contributed by atoms with van der Waals surface area (Å²) in [5.41, 5.74) is 2.35. The highest BCUT2D eigenvalue weighted by atomic mass is 19.1. The Bertz CT molecular complexity index is 652. The van der Waals surface area contributed by atoms with Gasteiger partial charge in [-0.25, -0.2) is 4.39 Å². The molecule has 0 radical (unpaired) electrons. The van der Waals surface area contributed by atoms with Gasteiger partial charge in [-0.1, -0.05) is 24.3 Å². The van der Waals surface area contributed by atoms with Crippen LogP contribution in [0.4, 0.5) is 4.39 Å². The van der Waals surface area contributed by atoms with E-state index < -0.39 is 0 Å². The third-order valence-electron chi connectivity index (χ3n) is 4.15. The van der Waals surface area contributed by atoms with Gasteiger partial charge in [0, 0.05) is 12.1 Å². The summed E-state index contributed by atoms with van der Waals surface area (Å²) in [5.74, 6) is -0.0661. The lowest BCUT2D eigenvalue weighted by Crippen LogP contribution is -3.10. The first-order valence-corrected chi connectivity index (χ1v) is 8.67. The third kappa shape index (κ3) is 6.55. The molecule has 0 heterocycles. The Morgan fingerprint density at radius 3 is 2.20 bits per heavy atom. The van der Waals surface area contributed by atoms with Gasteiger partial charge in [-0.3, -0.25) is 4.79 Å². The Morgan fingerprint density at radius 2 is 1.60 bits per heavy atom. The minimum Gasteiger partial charge on any atom is -0.484 e. The van der Waals surface area contributed by atoms with Crippen LogP contribution in [0.5, 0.6) is 5.75 Å². The summed E-state index contributed by atoms with van der Waals surface area (Å²) in [6, 6.07) is 13.9. The summed E-state index contributed by atoms with van der Waals surface area (Å²) in [5, 5.41) is 2.82. The maximum absolute atomic E-state index is 12.8. The van der Waals surface area contributed by atoms with Crippen molar-refractivity contribution in [2.75, 3.05) is 19.7 Å². The third-order valence-corrected chi connectivity index (χ3v) is 4.15. The molecule has 0 saturated heterocycles. The first kappa shape index (κ1) is 18.9. The van der Waals surface area contributed by atoms with Crippen LogP contribution in [0.1, 0.15) is 25.0 Å². The van der Waals surface area contributed by atoms with E-state index >= 15 is 0 Å². The molecule has 134 valence electrons. The number of hydrogen-bond donors (Lipinski definition) is 2. The molecule has 5 heteroatoms. The molecule has 0 aliphatic heterocycles. The molecular formula is C20H26FN2O2+. The Labute approximate surface area is 148 Å². The zero-order valence-electron chi connectivity index (χ0n) is 14.8. The van der Waals surface area contributed by atoms with E-state index in [0.29, 0.717) is 12.3 Å². The van der Waals surface area contributed by atoms with Gasteiger partial charge in [-0.2, -0.15) is 0 Å². The van der Waals surface area contributed by atoms with Gasteiger partial charge in [0.15, 0.2) is 6.61 Å². The van der Waals surface area contributed by atoms with Crippen molar-refractivity contribution in [2.24, 2.45) is 0 Å². The predicted molar refractivity (Wildman–Crippen MR) is 95.9 cm³/mol. The van der Waals surface area contributed by atoms with Crippen molar-refractivity contribution in [3.05, 3.63) is 65.5 Å². The second-order valence-corrected chi connectivity index (χ2v) is 5.97. The number of quaternary nitrogens is 1. The number of ether oxygens (including phenoxy) is 1. The second kappa shape index (κ2) is 9.79. The van der Waals surface area contributed by atoms with Crippen LogP contribution in [-0.2, 0) is 17.9 Å². The van der Waals surface area contributed by atoms with E-state index in [4.69, 9.17) is 4.74 Å². The molecule has 0 atom stereocenters. The van der Waals surface area contributed by atoms with Gasteiger partial charge in [0.2, 0.25) is 0 Å². The van der Waals surface area contributed by atoms with Crippen molar-refractivity contribution in [1.82, 2.24) is 5.32 Å². The standard InChI is InChI=1S/C20H25FN2O2/c1-3-23(4-2)14-17-7-5-16(6-8-17)13-22-20(24)15-25-19-11-9-18(21)10-12-19/h5-12H,3-4,13-15H2,1-2H3,(H,22,24)/p+1. The highest BCUT2D eigenvalue weighted by Crippen LogP contribution is 2.10. The lowest BCUT2D eigenvalue weighted by Gasteiger charge is -2.15. The van der Waals surface area contributed by atoms with Crippen LogP contribution >= 0.6 is 0 Å². The summed E-state index contributed by atoms with van der Waals surface area (Å²) in [4.78, 5) is 13.4. The zero-order chi connectivity index (χ0) is 18.1. The van der Waals surface area contributed by atoms with Gasteiger partial charge < -0.3 is 15.0 Å². The van der Waals surface area contributed by atoms with Gasteiger partial charge in [0.25, 0.3) is 5.91 Å². The summed E-state index contributed by atoms with van der Waals surface area (Å²) >= 11 is 0. The van der Waals surface area contributed by atoms with E-state index in [1.165, 1.54) is 29.8 Å². The van der Waals surface area contributed by atoms with Crippen LogP contribution in [0.3, 0.4) is 0 Å². The SMILES string of the molecule is CC[NH+](CC)Cc1ccc(CNC(=O)COc2ccc(F)cc2)cc1. The molecule has 1 amide bonds. The van der Waals surface area contributed by atoms with E-state index in [0.717, 1.165) is 25.2 Å². The van der Waals surface area contributed by atoms with Gasteiger partial charge >= 0.3 is 0 Å². The van der Waals surface area contributed by atoms with E-state index in [1.54, 1.807) is 4.90 Å². The quantitative estimate of drug-likeness (QED) is 0.729. The molecule has 4 nitrogen and oxygen atoms in total. The van der Waals surface area contributed by atoms with Crippen LogP contribution in [0.15, 0.2) is 48.5 Å². The van der Waals surface area contributed by atoms with Gasteiger partial charge in [0.05, 0.1) is 13.1 Å². The normalized spacial score (nSPS) is 10.7. The first-order chi connectivity index (χ1) is 12.1. The Kier molecular flexibility index (Phi) is 7.41. The predicted octanol–water partition coefficient (Wildman–Crippen LogP) is 1.95. The maximum Gasteiger partial charge on any atom is 0.258 e. The summed E-state index contributed by atoms with van der Waals surface area (Å²) in [6.45, 7) is 8.00. The summed E-state index contributed by atoms with van der Waals surface area (Å²) in [7, 11) is 0. The smallest absolute Gasteiger partial charge is 0.258 e. The number of rotatable bonds is 9. The highest BCUT2D eigenvalue weighted by molar-refractivity contribution is 5.77. The first-order valence-electron chi connectivity index (χ1n) is 8.67. The molecule has 0 aliphatic rings. The molecule has 0 spiro atoms. The number of carbonyl (C=O) groups excluding carboxylic acids is 1. The van der Waals surface area contributed by atoms with Gasteiger partial charge in [0.1, 0.15) is 18.1 Å². The van der Waals surface area contributed by atoms with Crippen molar-refractivity contribution < 1.29 is 18.8 Å². The van der Waals surface area contributed by atoms with Crippen molar-refractivity contribution >= 4 is 5.91 Å². The molecule has 25 heavy (non-hydrogen) atoms. The monoisotopic (exact) mass is 345 g/mol. The molecule has 0 aromatic heterocycles. The van der Waals surface area contributed by atoms with Crippen LogP contribution in [0.25, 0.3) is 0 Å². The molecule has 0 saturated carbocycles.